The van der Waals surface area contributed by atoms with E-state index in [-0.39, 0.29) is 5.88 Å². The Kier molecular flexibility index (Phi) is 5.34. The second-order valence-corrected chi connectivity index (χ2v) is 6.89. The summed E-state index contributed by atoms with van der Waals surface area (Å²) in [7, 11) is 0. The van der Waals surface area contributed by atoms with Crippen molar-refractivity contribution in [2.75, 3.05) is 37.7 Å². The van der Waals surface area contributed by atoms with Crippen LogP contribution < -0.4 is 9.64 Å². The van der Waals surface area contributed by atoms with Gasteiger partial charge < -0.3 is 9.64 Å². The van der Waals surface area contributed by atoms with E-state index in [1.807, 2.05) is 25.1 Å². The molecule has 0 unspecified atom stereocenters. The van der Waals surface area contributed by atoms with Gasteiger partial charge in [-0.1, -0.05) is 0 Å². The first kappa shape index (κ1) is 18.5. The predicted molar refractivity (Wildman–Crippen MR) is 102 cm³/mol. The normalized spacial score (nSPS) is 15.5. The van der Waals surface area contributed by atoms with Crippen molar-refractivity contribution in [3.63, 3.8) is 0 Å². The quantitative estimate of drug-likeness (QED) is 0.700. The second kappa shape index (κ2) is 8.05. The molecule has 28 heavy (non-hydrogen) atoms. The van der Waals surface area contributed by atoms with Gasteiger partial charge in [0.05, 0.1) is 16.6 Å². The number of H-pyrrole nitrogens is 1. The number of aromatic amines is 1. The Morgan fingerprint density at radius 3 is 2.68 bits per heavy atom. The Hall–Kier alpha value is -2.81. The summed E-state index contributed by atoms with van der Waals surface area (Å²) in [6, 6.07) is 7.86. The highest BCUT2D eigenvalue weighted by Crippen LogP contribution is 2.27. The van der Waals surface area contributed by atoms with Crippen molar-refractivity contribution in [1.82, 2.24) is 25.1 Å². The largest absolute Gasteiger partial charge is 0.471 e. The van der Waals surface area contributed by atoms with Crippen LogP contribution in [0.4, 0.5) is 14.5 Å². The van der Waals surface area contributed by atoms with Crippen LogP contribution in [0, 0.1) is 6.92 Å². The van der Waals surface area contributed by atoms with E-state index < -0.39 is 13.0 Å². The Morgan fingerprint density at radius 2 is 1.96 bits per heavy atom. The number of benzene rings is 1. The lowest BCUT2D eigenvalue weighted by Crippen LogP contribution is -2.46. The molecule has 1 fully saturated rings. The van der Waals surface area contributed by atoms with E-state index in [1.54, 1.807) is 0 Å². The molecule has 1 N–H and O–H groups in total. The second-order valence-electron chi connectivity index (χ2n) is 6.89. The molecule has 0 atom stereocenters. The first-order chi connectivity index (χ1) is 13.6. The molecular weight excluding hydrogens is 366 g/mol. The van der Waals surface area contributed by atoms with Crippen molar-refractivity contribution in [2.45, 2.75) is 19.9 Å². The molecule has 0 bridgehead atoms. The van der Waals surface area contributed by atoms with Crippen LogP contribution in [-0.4, -0.2) is 64.3 Å². The predicted octanol–water partition coefficient (Wildman–Crippen LogP) is 2.63. The summed E-state index contributed by atoms with van der Waals surface area (Å²) < 4.78 is 30.2. The molecule has 3 aromatic rings. The Balaban J connectivity index is 1.45. The molecule has 2 aromatic heterocycles. The molecule has 148 valence electrons. The molecule has 3 heterocycles. The molecule has 0 spiro atoms. The molecule has 1 aromatic carbocycles. The Labute approximate surface area is 161 Å². The summed E-state index contributed by atoms with van der Waals surface area (Å²) in [5, 5.41) is 7.92. The Bertz CT molecular complexity index is 939. The van der Waals surface area contributed by atoms with Crippen LogP contribution >= 0.6 is 0 Å². The molecule has 0 amide bonds. The van der Waals surface area contributed by atoms with E-state index in [2.05, 4.69) is 36.0 Å². The van der Waals surface area contributed by atoms with Gasteiger partial charge in [-0.05, 0) is 31.2 Å². The number of aryl methyl sites for hydroxylation is 1. The van der Waals surface area contributed by atoms with Crippen LogP contribution in [0.5, 0.6) is 5.88 Å². The van der Waals surface area contributed by atoms with Gasteiger partial charge in [-0.3, -0.25) is 10.00 Å². The van der Waals surface area contributed by atoms with Crippen LogP contribution in [0.2, 0.25) is 0 Å². The average molecular weight is 388 g/mol. The minimum Gasteiger partial charge on any atom is -0.471 e. The number of hydrogen-bond donors (Lipinski definition) is 1. The summed E-state index contributed by atoms with van der Waals surface area (Å²) in [6.45, 7) is 5.73. The zero-order chi connectivity index (χ0) is 19.5. The number of anilines is 1. The van der Waals surface area contributed by atoms with E-state index in [4.69, 9.17) is 4.74 Å². The van der Waals surface area contributed by atoms with E-state index >= 15 is 0 Å². The number of hydrogen-bond acceptors (Lipinski definition) is 6. The minimum atomic E-state index is -2.54. The van der Waals surface area contributed by atoms with Crippen LogP contribution in [0.25, 0.3) is 10.9 Å². The van der Waals surface area contributed by atoms with Crippen molar-refractivity contribution < 1.29 is 13.5 Å². The summed E-state index contributed by atoms with van der Waals surface area (Å²) >= 11 is 0. The molecule has 1 aliphatic rings. The molecular formula is C19H22F2N6O. The molecule has 1 aliphatic heterocycles. The fraction of sp³-hybridized carbons (Fsp3) is 0.421. The standard InChI is InChI=1S/C19H22F2N6O/c1-13-8-14(25-24-13)10-26-4-6-27(7-5-26)15-2-3-17-16(9-15)19(23-12-22-17)28-11-18(20)21/h2-3,8-9,12,18H,4-7,10-11H2,1H3,(H,24,25). The van der Waals surface area contributed by atoms with E-state index in [1.165, 1.54) is 6.33 Å². The van der Waals surface area contributed by atoms with E-state index in [0.717, 1.165) is 49.8 Å². The summed E-state index contributed by atoms with van der Waals surface area (Å²) in [6.07, 6.45) is -1.21. The molecule has 1 saturated heterocycles. The van der Waals surface area contributed by atoms with Crippen LogP contribution in [-0.2, 0) is 6.54 Å². The molecule has 0 aliphatic carbocycles. The smallest absolute Gasteiger partial charge is 0.272 e. The summed E-state index contributed by atoms with van der Waals surface area (Å²) in [5.41, 5.74) is 3.81. The lowest BCUT2D eigenvalue weighted by Gasteiger charge is -2.35. The lowest BCUT2D eigenvalue weighted by molar-refractivity contribution is 0.0804. The van der Waals surface area contributed by atoms with Gasteiger partial charge in [0.2, 0.25) is 5.88 Å². The fourth-order valence-electron chi connectivity index (χ4n) is 3.42. The number of piperazine rings is 1. The van der Waals surface area contributed by atoms with Crippen molar-refractivity contribution in [3.05, 3.63) is 42.0 Å². The van der Waals surface area contributed by atoms with Gasteiger partial charge in [0.25, 0.3) is 6.43 Å². The third kappa shape index (κ3) is 4.19. The number of nitrogens with zero attached hydrogens (tertiary/aromatic N) is 5. The van der Waals surface area contributed by atoms with Crippen molar-refractivity contribution in [2.24, 2.45) is 0 Å². The van der Waals surface area contributed by atoms with Gasteiger partial charge in [0.15, 0.2) is 6.61 Å². The highest BCUT2D eigenvalue weighted by Gasteiger charge is 2.19. The van der Waals surface area contributed by atoms with Gasteiger partial charge in [0, 0.05) is 44.1 Å². The molecule has 0 radical (unpaired) electrons. The maximum Gasteiger partial charge on any atom is 0.272 e. The monoisotopic (exact) mass is 388 g/mol. The van der Waals surface area contributed by atoms with Gasteiger partial charge in [0.1, 0.15) is 6.33 Å². The number of alkyl halides is 2. The zero-order valence-corrected chi connectivity index (χ0v) is 15.6. The molecule has 9 heteroatoms. The first-order valence-electron chi connectivity index (χ1n) is 9.22. The van der Waals surface area contributed by atoms with Crippen molar-refractivity contribution >= 4 is 16.6 Å². The number of nitrogens with one attached hydrogen (secondary N) is 1. The maximum absolute atomic E-state index is 12.5. The Morgan fingerprint density at radius 1 is 1.14 bits per heavy atom. The maximum atomic E-state index is 12.5. The fourth-order valence-corrected chi connectivity index (χ4v) is 3.42. The van der Waals surface area contributed by atoms with Gasteiger partial charge in [-0.25, -0.2) is 18.7 Å². The SMILES string of the molecule is Cc1cc(CN2CCN(c3ccc4ncnc(OCC(F)F)c4c3)CC2)n[nH]1. The van der Waals surface area contributed by atoms with E-state index in [0.29, 0.717) is 10.9 Å². The topological polar surface area (TPSA) is 70.2 Å². The molecule has 7 nitrogen and oxygen atoms in total. The van der Waals surface area contributed by atoms with Crippen molar-refractivity contribution in [1.29, 1.82) is 0 Å². The van der Waals surface area contributed by atoms with Gasteiger partial charge in [-0.2, -0.15) is 5.10 Å². The first-order valence-corrected chi connectivity index (χ1v) is 9.22. The van der Waals surface area contributed by atoms with Crippen LogP contribution in [0.1, 0.15) is 11.4 Å². The number of aromatic nitrogens is 4. The lowest BCUT2D eigenvalue weighted by atomic mass is 10.2. The van der Waals surface area contributed by atoms with Gasteiger partial charge >= 0.3 is 0 Å². The van der Waals surface area contributed by atoms with Crippen molar-refractivity contribution in [3.8, 4) is 5.88 Å². The number of ether oxygens (including phenoxy) is 1. The zero-order valence-electron chi connectivity index (χ0n) is 15.6. The van der Waals surface area contributed by atoms with Crippen LogP contribution in [0.3, 0.4) is 0 Å². The number of halogens is 2. The number of fused-ring (bicyclic) bond motifs is 1. The molecule has 0 saturated carbocycles. The highest BCUT2D eigenvalue weighted by atomic mass is 19.3. The van der Waals surface area contributed by atoms with Crippen LogP contribution in [0.15, 0.2) is 30.6 Å². The third-order valence-electron chi connectivity index (χ3n) is 4.81. The summed E-state index contributed by atoms with van der Waals surface area (Å²) in [5.74, 6) is 0.194. The minimum absolute atomic E-state index is 0.194. The van der Waals surface area contributed by atoms with E-state index in [9.17, 15) is 8.78 Å². The highest BCUT2D eigenvalue weighted by molar-refractivity contribution is 5.86. The molecule has 4 rings (SSSR count). The number of rotatable bonds is 6. The average Bonchev–Trinajstić information content (AvgIpc) is 3.11. The summed E-state index contributed by atoms with van der Waals surface area (Å²) in [4.78, 5) is 12.9. The van der Waals surface area contributed by atoms with Gasteiger partial charge in [-0.15, -0.1) is 0 Å². The third-order valence-corrected chi connectivity index (χ3v) is 4.81.